The molecule has 0 heterocycles. The van der Waals surface area contributed by atoms with Gasteiger partial charge in [0.25, 0.3) is 0 Å². The summed E-state index contributed by atoms with van der Waals surface area (Å²) in [6, 6.07) is 6.12. The van der Waals surface area contributed by atoms with Crippen LogP contribution < -0.4 is 0 Å². The van der Waals surface area contributed by atoms with Crippen molar-refractivity contribution in [3.05, 3.63) is 34.9 Å². The van der Waals surface area contributed by atoms with Gasteiger partial charge < -0.3 is 5.11 Å². The molecule has 0 aliphatic heterocycles. The Morgan fingerprint density at radius 1 is 1.33 bits per heavy atom. The van der Waals surface area contributed by atoms with Gasteiger partial charge in [-0.1, -0.05) is 18.2 Å². The molecule has 0 aliphatic carbocycles. The quantitative estimate of drug-likeness (QED) is 0.818. The maximum atomic E-state index is 10.5. The lowest BCUT2D eigenvalue weighted by molar-refractivity contribution is -0.138. The summed E-state index contributed by atoms with van der Waals surface area (Å²) in [6.45, 7) is 4.87. The van der Waals surface area contributed by atoms with Gasteiger partial charge in [0.2, 0.25) is 0 Å². The monoisotopic (exact) mass is 207 g/mol. The van der Waals surface area contributed by atoms with E-state index in [0.717, 1.165) is 0 Å². The molecule has 1 aromatic rings. The number of aryl methyl sites for hydroxylation is 2. The SMILES string of the molecule is Cc1cccc(C)c1CN(C)CC(=O)O. The molecule has 1 N–H and O–H groups in total. The predicted octanol–water partition coefficient (Wildman–Crippen LogP) is 1.82. The normalized spacial score (nSPS) is 10.7. The fraction of sp³-hybridized carbons (Fsp3) is 0.417. The van der Waals surface area contributed by atoms with Crippen LogP contribution in [0.25, 0.3) is 0 Å². The summed E-state index contributed by atoms with van der Waals surface area (Å²) in [5, 5.41) is 8.66. The number of hydrogen-bond acceptors (Lipinski definition) is 2. The molecule has 1 rings (SSSR count). The van der Waals surface area contributed by atoms with Gasteiger partial charge in [-0.2, -0.15) is 0 Å². The zero-order valence-electron chi connectivity index (χ0n) is 9.45. The average molecular weight is 207 g/mol. The highest BCUT2D eigenvalue weighted by atomic mass is 16.4. The first-order valence-corrected chi connectivity index (χ1v) is 4.96. The molecule has 3 heteroatoms. The second-order valence-corrected chi connectivity index (χ2v) is 3.94. The van der Waals surface area contributed by atoms with Crippen molar-refractivity contribution < 1.29 is 9.90 Å². The molecule has 0 unspecified atom stereocenters. The van der Waals surface area contributed by atoms with Crippen LogP contribution in [0.4, 0.5) is 0 Å². The second-order valence-electron chi connectivity index (χ2n) is 3.94. The molecule has 15 heavy (non-hydrogen) atoms. The minimum atomic E-state index is -0.788. The van der Waals surface area contributed by atoms with Crippen LogP contribution in [0.5, 0.6) is 0 Å². The third kappa shape index (κ3) is 3.36. The van der Waals surface area contributed by atoms with E-state index in [1.165, 1.54) is 16.7 Å². The standard InChI is InChI=1S/C12H17NO2/c1-9-5-4-6-10(2)11(9)7-13(3)8-12(14)15/h4-6H,7-8H2,1-3H3,(H,14,15). The number of carboxylic acid groups (broad SMARTS) is 1. The number of nitrogens with zero attached hydrogens (tertiary/aromatic N) is 1. The largest absolute Gasteiger partial charge is 0.480 e. The Bertz CT molecular complexity index is 340. The van der Waals surface area contributed by atoms with E-state index in [1.54, 1.807) is 4.90 Å². The Morgan fingerprint density at radius 2 is 1.87 bits per heavy atom. The molecule has 0 aliphatic rings. The van der Waals surface area contributed by atoms with Crippen LogP contribution in [0.1, 0.15) is 16.7 Å². The van der Waals surface area contributed by atoms with Gasteiger partial charge in [0.15, 0.2) is 0 Å². The smallest absolute Gasteiger partial charge is 0.317 e. The van der Waals surface area contributed by atoms with Crippen molar-refractivity contribution in [1.82, 2.24) is 4.90 Å². The van der Waals surface area contributed by atoms with Gasteiger partial charge >= 0.3 is 5.97 Å². The van der Waals surface area contributed by atoms with Gasteiger partial charge in [0.1, 0.15) is 0 Å². The van der Waals surface area contributed by atoms with Crippen LogP contribution in [-0.2, 0) is 11.3 Å². The number of carbonyl (C=O) groups is 1. The summed E-state index contributed by atoms with van der Waals surface area (Å²) in [7, 11) is 1.82. The molecule has 0 atom stereocenters. The van der Waals surface area contributed by atoms with Gasteiger partial charge in [-0.25, -0.2) is 0 Å². The van der Waals surface area contributed by atoms with E-state index < -0.39 is 5.97 Å². The number of likely N-dealkylation sites (N-methyl/N-ethyl adjacent to an activating group) is 1. The lowest BCUT2D eigenvalue weighted by atomic mass is 10.0. The fourth-order valence-corrected chi connectivity index (χ4v) is 1.66. The van der Waals surface area contributed by atoms with Gasteiger partial charge in [-0.05, 0) is 37.6 Å². The van der Waals surface area contributed by atoms with Crippen molar-refractivity contribution in [3.63, 3.8) is 0 Å². The Hall–Kier alpha value is -1.35. The van der Waals surface area contributed by atoms with Crippen molar-refractivity contribution in [2.75, 3.05) is 13.6 Å². The van der Waals surface area contributed by atoms with E-state index in [9.17, 15) is 4.79 Å². The Labute approximate surface area is 90.3 Å². The molecule has 1 aromatic carbocycles. The van der Waals surface area contributed by atoms with Crippen molar-refractivity contribution in [3.8, 4) is 0 Å². The molecule has 0 radical (unpaired) electrons. The summed E-state index contributed by atoms with van der Waals surface area (Å²) in [6.07, 6.45) is 0. The van der Waals surface area contributed by atoms with E-state index in [2.05, 4.69) is 26.0 Å². The van der Waals surface area contributed by atoms with Gasteiger partial charge in [-0.3, -0.25) is 9.69 Å². The molecular formula is C12H17NO2. The number of carboxylic acids is 1. The highest BCUT2D eigenvalue weighted by Crippen LogP contribution is 2.14. The van der Waals surface area contributed by atoms with Gasteiger partial charge in [0, 0.05) is 6.54 Å². The second kappa shape index (κ2) is 4.94. The van der Waals surface area contributed by atoms with E-state index >= 15 is 0 Å². The first-order valence-electron chi connectivity index (χ1n) is 4.96. The molecule has 0 bridgehead atoms. The number of aliphatic carboxylic acids is 1. The zero-order valence-corrected chi connectivity index (χ0v) is 9.45. The average Bonchev–Trinajstić information content (AvgIpc) is 2.10. The molecule has 0 fully saturated rings. The molecule has 0 amide bonds. The first-order chi connectivity index (χ1) is 7.00. The summed E-state index contributed by atoms with van der Waals surface area (Å²) in [5.41, 5.74) is 3.65. The van der Waals surface area contributed by atoms with Crippen LogP contribution >= 0.6 is 0 Å². The third-order valence-corrected chi connectivity index (χ3v) is 2.48. The van der Waals surface area contributed by atoms with Crippen molar-refractivity contribution >= 4 is 5.97 Å². The zero-order chi connectivity index (χ0) is 11.4. The maximum Gasteiger partial charge on any atom is 0.317 e. The van der Waals surface area contributed by atoms with Crippen LogP contribution in [0, 0.1) is 13.8 Å². The maximum absolute atomic E-state index is 10.5. The molecule has 0 saturated carbocycles. The highest BCUT2D eigenvalue weighted by molar-refractivity contribution is 5.69. The van der Waals surface area contributed by atoms with Crippen molar-refractivity contribution in [1.29, 1.82) is 0 Å². The molecular weight excluding hydrogens is 190 g/mol. The molecule has 0 spiro atoms. The van der Waals surface area contributed by atoms with Crippen molar-refractivity contribution in [2.24, 2.45) is 0 Å². The lowest BCUT2D eigenvalue weighted by Crippen LogP contribution is -2.25. The topological polar surface area (TPSA) is 40.5 Å². The molecule has 0 saturated heterocycles. The van der Waals surface area contributed by atoms with E-state index in [0.29, 0.717) is 6.54 Å². The summed E-state index contributed by atoms with van der Waals surface area (Å²) < 4.78 is 0. The molecule has 3 nitrogen and oxygen atoms in total. The fourth-order valence-electron chi connectivity index (χ4n) is 1.66. The number of rotatable bonds is 4. The van der Waals surface area contributed by atoms with Crippen molar-refractivity contribution in [2.45, 2.75) is 20.4 Å². The van der Waals surface area contributed by atoms with Crippen LogP contribution in [-0.4, -0.2) is 29.6 Å². The number of benzene rings is 1. The molecule has 0 aromatic heterocycles. The van der Waals surface area contributed by atoms with Crippen LogP contribution in [0.3, 0.4) is 0 Å². The summed E-state index contributed by atoms with van der Waals surface area (Å²) in [4.78, 5) is 12.3. The predicted molar refractivity (Wildman–Crippen MR) is 59.9 cm³/mol. The minimum absolute atomic E-state index is 0.0772. The van der Waals surface area contributed by atoms with Crippen LogP contribution in [0.2, 0.25) is 0 Å². The number of hydrogen-bond donors (Lipinski definition) is 1. The Kier molecular flexibility index (Phi) is 3.86. The third-order valence-electron chi connectivity index (χ3n) is 2.48. The van der Waals surface area contributed by atoms with Crippen LogP contribution in [0.15, 0.2) is 18.2 Å². The highest BCUT2D eigenvalue weighted by Gasteiger charge is 2.08. The summed E-state index contributed by atoms with van der Waals surface area (Å²) >= 11 is 0. The van der Waals surface area contributed by atoms with E-state index in [1.807, 2.05) is 13.1 Å². The Balaban J connectivity index is 2.76. The van der Waals surface area contributed by atoms with E-state index in [-0.39, 0.29) is 6.54 Å². The Morgan fingerprint density at radius 3 is 2.33 bits per heavy atom. The lowest BCUT2D eigenvalue weighted by Gasteiger charge is -2.17. The van der Waals surface area contributed by atoms with E-state index in [4.69, 9.17) is 5.11 Å². The summed E-state index contributed by atoms with van der Waals surface area (Å²) in [5.74, 6) is -0.788. The first kappa shape index (κ1) is 11.7. The van der Waals surface area contributed by atoms with Gasteiger partial charge in [0.05, 0.1) is 6.54 Å². The molecule has 82 valence electrons. The van der Waals surface area contributed by atoms with Gasteiger partial charge in [-0.15, -0.1) is 0 Å². The minimum Gasteiger partial charge on any atom is -0.480 e.